The Balaban J connectivity index is 2.62. The predicted octanol–water partition coefficient (Wildman–Crippen LogP) is 1.98. The first kappa shape index (κ1) is 11.2. The summed E-state index contributed by atoms with van der Waals surface area (Å²) in [5.41, 5.74) is 1.05. The third kappa shape index (κ3) is 1.64. The van der Waals surface area contributed by atoms with Gasteiger partial charge in [0, 0.05) is 23.1 Å². The van der Waals surface area contributed by atoms with Crippen molar-refractivity contribution in [1.82, 2.24) is 0 Å². The van der Waals surface area contributed by atoms with E-state index in [4.69, 9.17) is 26.2 Å². The van der Waals surface area contributed by atoms with Crippen LogP contribution in [-0.2, 0) is 0 Å². The van der Waals surface area contributed by atoms with Crippen molar-refractivity contribution in [3.63, 3.8) is 0 Å². The molecule has 1 aromatic rings. The van der Waals surface area contributed by atoms with Crippen LogP contribution in [0.3, 0.4) is 0 Å². The number of hydrogen-bond acceptors (Lipinski definition) is 4. The smallest absolute Gasteiger partial charge is 0.231 e. The minimum absolute atomic E-state index is 0.0457. The van der Waals surface area contributed by atoms with E-state index in [1.807, 2.05) is 6.92 Å². The Morgan fingerprint density at radius 2 is 2.25 bits per heavy atom. The SMILES string of the molecule is CC(CO)c1c(Cl)cc(C=O)c2c1OCO2. The molecular weight excluding hydrogens is 232 g/mol. The summed E-state index contributed by atoms with van der Waals surface area (Å²) < 4.78 is 10.5. The molecule has 2 rings (SSSR count). The van der Waals surface area contributed by atoms with E-state index >= 15 is 0 Å². The van der Waals surface area contributed by atoms with Crippen LogP contribution in [0.4, 0.5) is 0 Å². The van der Waals surface area contributed by atoms with E-state index in [0.717, 1.165) is 0 Å². The van der Waals surface area contributed by atoms with Crippen LogP contribution >= 0.6 is 11.6 Å². The summed E-state index contributed by atoms with van der Waals surface area (Å²) in [6.45, 7) is 1.85. The molecular formula is C11H11ClO4. The van der Waals surface area contributed by atoms with E-state index in [0.29, 0.717) is 33.9 Å². The molecule has 1 N–H and O–H groups in total. The zero-order chi connectivity index (χ0) is 11.7. The summed E-state index contributed by atoms with van der Waals surface area (Å²) in [5, 5.41) is 9.56. The van der Waals surface area contributed by atoms with E-state index in [-0.39, 0.29) is 19.3 Å². The summed E-state index contributed by atoms with van der Waals surface area (Å²) in [7, 11) is 0. The van der Waals surface area contributed by atoms with Gasteiger partial charge >= 0.3 is 0 Å². The minimum atomic E-state index is -0.163. The van der Waals surface area contributed by atoms with Crippen LogP contribution < -0.4 is 9.47 Å². The third-order valence-electron chi connectivity index (χ3n) is 2.55. The number of aliphatic hydroxyl groups excluding tert-OH is 1. The van der Waals surface area contributed by atoms with E-state index < -0.39 is 0 Å². The highest BCUT2D eigenvalue weighted by molar-refractivity contribution is 6.32. The Bertz CT molecular complexity index is 430. The zero-order valence-corrected chi connectivity index (χ0v) is 9.45. The molecule has 0 spiro atoms. The molecule has 0 radical (unpaired) electrons. The zero-order valence-electron chi connectivity index (χ0n) is 8.70. The molecule has 0 aliphatic carbocycles. The second-order valence-electron chi connectivity index (χ2n) is 3.63. The van der Waals surface area contributed by atoms with Crippen molar-refractivity contribution in [2.75, 3.05) is 13.4 Å². The maximum atomic E-state index is 10.8. The van der Waals surface area contributed by atoms with Crippen LogP contribution in [0.5, 0.6) is 11.5 Å². The van der Waals surface area contributed by atoms with E-state index in [9.17, 15) is 4.79 Å². The van der Waals surface area contributed by atoms with E-state index in [1.165, 1.54) is 6.07 Å². The molecule has 1 atom stereocenters. The number of carbonyl (C=O) groups excluding carboxylic acids is 1. The van der Waals surface area contributed by atoms with Gasteiger partial charge in [0.15, 0.2) is 17.8 Å². The fraction of sp³-hybridized carbons (Fsp3) is 0.364. The van der Waals surface area contributed by atoms with Crippen molar-refractivity contribution >= 4 is 17.9 Å². The van der Waals surface area contributed by atoms with Gasteiger partial charge in [0.1, 0.15) is 0 Å². The Kier molecular flexibility index (Phi) is 3.03. The monoisotopic (exact) mass is 242 g/mol. The standard InChI is InChI=1S/C11H11ClO4/c1-6(3-13)9-8(12)2-7(4-14)10-11(9)16-5-15-10/h2,4,6,13H,3,5H2,1H3. The lowest BCUT2D eigenvalue weighted by atomic mass is 9.98. The number of halogens is 1. The molecule has 5 heteroatoms. The van der Waals surface area contributed by atoms with Crippen LogP contribution in [0.15, 0.2) is 6.07 Å². The number of rotatable bonds is 3. The molecule has 1 aliphatic rings. The molecule has 1 heterocycles. The number of hydrogen-bond donors (Lipinski definition) is 1. The molecule has 0 saturated carbocycles. The summed E-state index contributed by atoms with van der Waals surface area (Å²) in [6, 6.07) is 1.53. The maximum Gasteiger partial charge on any atom is 0.231 e. The third-order valence-corrected chi connectivity index (χ3v) is 2.87. The molecule has 1 aromatic carbocycles. The van der Waals surface area contributed by atoms with Crippen molar-refractivity contribution < 1.29 is 19.4 Å². The van der Waals surface area contributed by atoms with Gasteiger partial charge in [0.25, 0.3) is 0 Å². The van der Waals surface area contributed by atoms with Crippen molar-refractivity contribution in [3.05, 3.63) is 22.2 Å². The quantitative estimate of drug-likeness (QED) is 0.824. The second-order valence-corrected chi connectivity index (χ2v) is 4.03. The Morgan fingerprint density at radius 1 is 1.56 bits per heavy atom. The molecule has 4 nitrogen and oxygen atoms in total. The molecule has 1 aliphatic heterocycles. The van der Waals surface area contributed by atoms with Crippen LogP contribution in [0.1, 0.15) is 28.8 Å². The summed E-state index contributed by atoms with van der Waals surface area (Å²) in [6.07, 6.45) is 0.673. The topological polar surface area (TPSA) is 55.8 Å². The molecule has 0 amide bonds. The van der Waals surface area contributed by atoms with Gasteiger partial charge in [-0.05, 0) is 6.07 Å². The Morgan fingerprint density at radius 3 is 2.88 bits per heavy atom. The van der Waals surface area contributed by atoms with Crippen LogP contribution in [0.2, 0.25) is 5.02 Å². The summed E-state index contributed by atoms with van der Waals surface area (Å²) in [5.74, 6) is 0.717. The molecule has 86 valence electrons. The number of ether oxygens (including phenoxy) is 2. The highest BCUT2D eigenvalue weighted by Gasteiger charge is 2.27. The lowest BCUT2D eigenvalue weighted by Crippen LogP contribution is -2.02. The average molecular weight is 243 g/mol. The summed E-state index contributed by atoms with van der Waals surface area (Å²) in [4.78, 5) is 10.8. The molecule has 0 aromatic heterocycles. The highest BCUT2D eigenvalue weighted by Crippen LogP contribution is 2.45. The number of aliphatic hydroxyl groups is 1. The lowest BCUT2D eigenvalue weighted by molar-refractivity contribution is 0.111. The van der Waals surface area contributed by atoms with Crippen LogP contribution in [0.25, 0.3) is 0 Å². The largest absolute Gasteiger partial charge is 0.453 e. The van der Waals surface area contributed by atoms with Gasteiger partial charge in [-0.1, -0.05) is 18.5 Å². The van der Waals surface area contributed by atoms with Gasteiger partial charge in [-0.3, -0.25) is 4.79 Å². The number of carbonyl (C=O) groups is 1. The van der Waals surface area contributed by atoms with Crippen molar-refractivity contribution in [3.8, 4) is 11.5 Å². The average Bonchev–Trinajstić information content (AvgIpc) is 2.75. The predicted molar refractivity (Wildman–Crippen MR) is 58.5 cm³/mol. The molecule has 16 heavy (non-hydrogen) atoms. The second kappa shape index (κ2) is 4.31. The molecule has 0 fully saturated rings. The van der Waals surface area contributed by atoms with Crippen molar-refractivity contribution in [1.29, 1.82) is 0 Å². The van der Waals surface area contributed by atoms with Gasteiger partial charge < -0.3 is 14.6 Å². The van der Waals surface area contributed by atoms with Crippen LogP contribution in [0, 0.1) is 0 Å². The summed E-state index contributed by atoms with van der Waals surface area (Å²) >= 11 is 6.06. The highest BCUT2D eigenvalue weighted by atomic mass is 35.5. The van der Waals surface area contributed by atoms with Gasteiger partial charge in [0.05, 0.1) is 5.56 Å². The normalized spacial score (nSPS) is 14.9. The van der Waals surface area contributed by atoms with Gasteiger partial charge in [0.2, 0.25) is 6.79 Å². The first-order valence-electron chi connectivity index (χ1n) is 4.87. The molecule has 0 bridgehead atoms. The number of aldehydes is 1. The Hall–Kier alpha value is -1.26. The van der Waals surface area contributed by atoms with Gasteiger partial charge in [-0.15, -0.1) is 0 Å². The van der Waals surface area contributed by atoms with Gasteiger partial charge in [-0.2, -0.15) is 0 Å². The first-order chi connectivity index (χ1) is 7.69. The van der Waals surface area contributed by atoms with Crippen LogP contribution in [-0.4, -0.2) is 24.8 Å². The first-order valence-corrected chi connectivity index (χ1v) is 5.24. The number of benzene rings is 1. The fourth-order valence-corrected chi connectivity index (χ4v) is 2.11. The fourth-order valence-electron chi connectivity index (χ4n) is 1.72. The molecule has 0 saturated heterocycles. The number of fused-ring (bicyclic) bond motifs is 1. The van der Waals surface area contributed by atoms with E-state index in [2.05, 4.69) is 0 Å². The minimum Gasteiger partial charge on any atom is -0.453 e. The van der Waals surface area contributed by atoms with Crippen molar-refractivity contribution in [2.45, 2.75) is 12.8 Å². The van der Waals surface area contributed by atoms with E-state index in [1.54, 1.807) is 0 Å². The van der Waals surface area contributed by atoms with Gasteiger partial charge in [-0.25, -0.2) is 0 Å². The Labute approximate surface area is 97.7 Å². The molecule has 1 unspecified atom stereocenters. The lowest BCUT2D eigenvalue weighted by Gasteiger charge is -2.14. The van der Waals surface area contributed by atoms with Crippen molar-refractivity contribution in [2.24, 2.45) is 0 Å². The maximum absolute atomic E-state index is 10.8.